The van der Waals surface area contributed by atoms with Crippen molar-refractivity contribution in [1.82, 2.24) is 15.5 Å². The summed E-state index contributed by atoms with van der Waals surface area (Å²) in [6, 6.07) is 5.56. The van der Waals surface area contributed by atoms with E-state index in [4.69, 9.17) is 5.73 Å². The number of benzene rings is 1. The van der Waals surface area contributed by atoms with Gasteiger partial charge in [-0.15, -0.1) is 0 Å². The zero-order chi connectivity index (χ0) is 20.1. The van der Waals surface area contributed by atoms with Crippen molar-refractivity contribution in [3.63, 3.8) is 0 Å². The van der Waals surface area contributed by atoms with E-state index in [2.05, 4.69) is 10.6 Å². The number of nitrogens with two attached hydrogens (primary N) is 1. The Hall–Kier alpha value is -2.25. The molecular formula is C21H30N4O3. The Morgan fingerprint density at radius 2 is 2.07 bits per heavy atom. The van der Waals surface area contributed by atoms with Gasteiger partial charge in [-0.25, -0.2) is 0 Å². The second-order valence-corrected chi connectivity index (χ2v) is 7.85. The Kier molecular flexibility index (Phi) is 6.80. The Balaban J connectivity index is 1.55. The highest BCUT2D eigenvalue weighted by molar-refractivity contribution is 6.05. The lowest BCUT2D eigenvalue weighted by atomic mass is 10.0. The number of carbonyl (C=O) groups excluding carboxylic acids is 3. The van der Waals surface area contributed by atoms with E-state index in [-0.39, 0.29) is 30.2 Å². The van der Waals surface area contributed by atoms with E-state index in [0.29, 0.717) is 25.1 Å². The summed E-state index contributed by atoms with van der Waals surface area (Å²) in [5.41, 5.74) is 8.38. The molecule has 28 heavy (non-hydrogen) atoms. The van der Waals surface area contributed by atoms with E-state index >= 15 is 0 Å². The molecule has 0 spiro atoms. The first-order chi connectivity index (χ1) is 13.5. The third-order valence-electron chi connectivity index (χ3n) is 5.47. The summed E-state index contributed by atoms with van der Waals surface area (Å²) in [6.45, 7) is 3.98. The number of imide groups is 1. The lowest BCUT2D eigenvalue weighted by molar-refractivity contribution is -0.136. The molecule has 1 aromatic carbocycles. The molecule has 0 aliphatic carbocycles. The fourth-order valence-electron chi connectivity index (χ4n) is 3.95. The highest BCUT2D eigenvalue weighted by atomic mass is 16.2. The first kappa shape index (κ1) is 20.5. The Morgan fingerprint density at radius 3 is 2.82 bits per heavy atom. The summed E-state index contributed by atoms with van der Waals surface area (Å²) in [5, 5.41) is 5.76. The number of carbonyl (C=O) groups is 3. The predicted octanol–water partition coefficient (Wildman–Crippen LogP) is 1.44. The summed E-state index contributed by atoms with van der Waals surface area (Å²) < 4.78 is 0. The largest absolute Gasteiger partial charge is 0.328 e. The van der Waals surface area contributed by atoms with Crippen LogP contribution >= 0.6 is 0 Å². The summed E-state index contributed by atoms with van der Waals surface area (Å²) >= 11 is 0. The number of nitrogens with one attached hydrogen (secondary N) is 2. The number of hydrogen-bond acceptors (Lipinski definition) is 5. The minimum absolute atomic E-state index is 0.112. The van der Waals surface area contributed by atoms with Crippen LogP contribution in [0.1, 0.15) is 66.9 Å². The quantitative estimate of drug-likeness (QED) is 0.440. The average molecular weight is 386 g/mol. The maximum atomic E-state index is 13.0. The van der Waals surface area contributed by atoms with Crippen LogP contribution in [-0.2, 0) is 22.7 Å². The minimum atomic E-state index is -0.566. The maximum Gasteiger partial charge on any atom is 0.255 e. The zero-order valence-electron chi connectivity index (χ0n) is 16.5. The first-order valence-corrected chi connectivity index (χ1v) is 10.2. The van der Waals surface area contributed by atoms with Crippen LogP contribution in [0.2, 0.25) is 0 Å². The molecule has 1 saturated heterocycles. The molecule has 2 aliphatic rings. The summed E-state index contributed by atoms with van der Waals surface area (Å²) in [6.07, 6.45) is 5.07. The number of rotatable bonds is 9. The molecule has 152 valence electrons. The van der Waals surface area contributed by atoms with Crippen LogP contribution < -0.4 is 16.4 Å². The van der Waals surface area contributed by atoms with Crippen molar-refractivity contribution in [1.29, 1.82) is 0 Å². The Labute approximate surface area is 166 Å². The van der Waals surface area contributed by atoms with Gasteiger partial charge in [-0.05, 0) is 43.9 Å². The van der Waals surface area contributed by atoms with Crippen molar-refractivity contribution in [3.8, 4) is 0 Å². The molecule has 1 unspecified atom stereocenters. The van der Waals surface area contributed by atoms with Gasteiger partial charge in [0, 0.05) is 31.1 Å². The van der Waals surface area contributed by atoms with Crippen LogP contribution in [0.15, 0.2) is 18.2 Å². The van der Waals surface area contributed by atoms with Gasteiger partial charge < -0.3 is 16.0 Å². The molecule has 7 nitrogen and oxygen atoms in total. The van der Waals surface area contributed by atoms with Gasteiger partial charge in [-0.1, -0.05) is 31.0 Å². The van der Waals surface area contributed by atoms with Crippen LogP contribution in [0, 0.1) is 0 Å². The molecule has 0 radical (unpaired) electrons. The number of unbranched alkanes of at least 4 members (excludes halogenated alkanes) is 2. The molecule has 1 fully saturated rings. The van der Waals surface area contributed by atoms with Crippen molar-refractivity contribution in [2.75, 3.05) is 6.54 Å². The monoisotopic (exact) mass is 386 g/mol. The smallest absolute Gasteiger partial charge is 0.255 e. The van der Waals surface area contributed by atoms with Gasteiger partial charge in [-0.2, -0.15) is 0 Å². The molecule has 7 heteroatoms. The molecule has 2 atom stereocenters. The van der Waals surface area contributed by atoms with Crippen LogP contribution in [0.25, 0.3) is 0 Å². The highest BCUT2D eigenvalue weighted by Gasteiger charge is 2.39. The maximum absolute atomic E-state index is 13.0. The van der Waals surface area contributed by atoms with Crippen LogP contribution in [0.3, 0.4) is 0 Å². The van der Waals surface area contributed by atoms with Crippen LogP contribution in [-0.4, -0.2) is 41.2 Å². The fraction of sp³-hybridized carbons (Fsp3) is 0.571. The third kappa shape index (κ3) is 4.77. The van der Waals surface area contributed by atoms with Crippen LogP contribution in [0.5, 0.6) is 0 Å². The van der Waals surface area contributed by atoms with Crippen molar-refractivity contribution in [3.05, 3.63) is 34.9 Å². The Bertz CT molecular complexity index is 747. The van der Waals surface area contributed by atoms with Crippen molar-refractivity contribution in [2.45, 2.75) is 70.6 Å². The minimum Gasteiger partial charge on any atom is -0.328 e. The molecule has 1 aromatic rings. The SMILES string of the molecule is C[C@H](N)CCCCCNCc1cccc2c1C(=O)N(C1CCC(=O)NC1=O)C2. The van der Waals surface area contributed by atoms with E-state index in [9.17, 15) is 14.4 Å². The van der Waals surface area contributed by atoms with Gasteiger partial charge in [0.1, 0.15) is 6.04 Å². The lowest BCUT2D eigenvalue weighted by Crippen LogP contribution is -2.52. The molecular weight excluding hydrogens is 356 g/mol. The van der Waals surface area contributed by atoms with E-state index in [1.165, 1.54) is 0 Å². The topological polar surface area (TPSA) is 105 Å². The molecule has 0 bridgehead atoms. The van der Waals surface area contributed by atoms with E-state index in [0.717, 1.165) is 43.4 Å². The number of amides is 3. The first-order valence-electron chi connectivity index (χ1n) is 10.2. The molecule has 4 N–H and O–H groups in total. The van der Waals surface area contributed by atoms with Crippen LogP contribution in [0.4, 0.5) is 0 Å². The van der Waals surface area contributed by atoms with Gasteiger partial charge in [0.15, 0.2) is 0 Å². The number of nitrogens with zero attached hydrogens (tertiary/aromatic N) is 1. The summed E-state index contributed by atoms with van der Waals surface area (Å²) in [7, 11) is 0. The second-order valence-electron chi connectivity index (χ2n) is 7.85. The van der Waals surface area contributed by atoms with E-state index < -0.39 is 6.04 Å². The van der Waals surface area contributed by atoms with Gasteiger partial charge in [-0.3, -0.25) is 19.7 Å². The second kappa shape index (κ2) is 9.30. The van der Waals surface area contributed by atoms with E-state index in [1.807, 2.05) is 25.1 Å². The number of hydrogen-bond donors (Lipinski definition) is 3. The summed E-state index contributed by atoms with van der Waals surface area (Å²) in [4.78, 5) is 38.2. The third-order valence-corrected chi connectivity index (χ3v) is 5.47. The molecule has 2 heterocycles. The standard InChI is InChI=1S/C21H30N4O3/c1-14(22)6-3-2-4-11-23-12-15-7-5-8-16-13-25(21(28)19(15)16)17-9-10-18(26)24-20(17)27/h5,7-8,14,17,23H,2-4,6,9-13,22H2,1H3,(H,24,26,27)/t14-,17?/m0/s1. The molecule has 0 aromatic heterocycles. The van der Waals surface area contributed by atoms with Crippen molar-refractivity contribution < 1.29 is 14.4 Å². The normalized spacial score (nSPS) is 20.3. The molecule has 0 saturated carbocycles. The highest BCUT2D eigenvalue weighted by Crippen LogP contribution is 2.29. The summed E-state index contributed by atoms with van der Waals surface area (Å²) in [5.74, 6) is -0.751. The molecule has 2 aliphatic heterocycles. The van der Waals surface area contributed by atoms with Gasteiger partial charge in [0.05, 0.1) is 0 Å². The van der Waals surface area contributed by atoms with Gasteiger partial charge >= 0.3 is 0 Å². The number of piperidine rings is 1. The predicted molar refractivity (Wildman–Crippen MR) is 106 cm³/mol. The lowest BCUT2D eigenvalue weighted by Gasteiger charge is -2.29. The number of fused-ring (bicyclic) bond motifs is 1. The molecule has 3 rings (SSSR count). The zero-order valence-corrected chi connectivity index (χ0v) is 16.5. The fourth-order valence-corrected chi connectivity index (χ4v) is 3.95. The van der Waals surface area contributed by atoms with Crippen molar-refractivity contribution in [2.24, 2.45) is 5.73 Å². The Morgan fingerprint density at radius 1 is 1.25 bits per heavy atom. The van der Waals surface area contributed by atoms with E-state index in [1.54, 1.807) is 4.90 Å². The van der Waals surface area contributed by atoms with Gasteiger partial charge in [0.2, 0.25) is 11.8 Å². The van der Waals surface area contributed by atoms with Crippen molar-refractivity contribution >= 4 is 17.7 Å². The van der Waals surface area contributed by atoms with Gasteiger partial charge in [0.25, 0.3) is 5.91 Å². The average Bonchev–Trinajstić information content (AvgIpc) is 2.98. The molecule has 3 amide bonds.